The maximum absolute atomic E-state index is 2.30. The predicted molar refractivity (Wildman–Crippen MR) is 129 cm³/mol. The van der Waals surface area contributed by atoms with Gasteiger partial charge in [0, 0.05) is 0 Å². The molecule has 0 atom stereocenters. The number of hydrogen-bond donors (Lipinski definition) is 0. The van der Waals surface area contributed by atoms with Gasteiger partial charge in [0.05, 0.1) is 0 Å². The summed E-state index contributed by atoms with van der Waals surface area (Å²) in [5.41, 5.74) is 7.08. The van der Waals surface area contributed by atoms with Crippen LogP contribution in [0.15, 0.2) is 78.9 Å². The molecule has 0 saturated heterocycles. The van der Waals surface area contributed by atoms with Crippen molar-refractivity contribution in [3.63, 3.8) is 0 Å². The lowest BCUT2D eigenvalue weighted by Crippen LogP contribution is -1.86. The van der Waals surface area contributed by atoms with Crippen molar-refractivity contribution >= 4 is 0 Å². The highest BCUT2D eigenvalue weighted by Crippen LogP contribution is 2.35. The molecular formula is C29H38. The van der Waals surface area contributed by atoms with Gasteiger partial charge in [0.2, 0.25) is 0 Å². The van der Waals surface area contributed by atoms with Crippen LogP contribution in [0.2, 0.25) is 0 Å². The Morgan fingerprint density at radius 1 is 0.655 bits per heavy atom. The highest BCUT2D eigenvalue weighted by molar-refractivity contribution is 5.76. The molecule has 0 unspecified atom stereocenters. The molecule has 0 amide bonds. The zero-order valence-electron chi connectivity index (χ0n) is 18.8. The van der Waals surface area contributed by atoms with E-state index in [2.05, 4.69) is 74.5 Å². The summed E-state index contributed by atoms with van der Waals surface area (Å²) in [7, 11) is 0. The first-order chi connectivity index (χ1) is 14.3. The Labute approximate surface area is 179 Å². The molecule has 3 aromatic carbocycles. The van der Waals surface area contributed by atoms with E-state index in [4.69, 9.17) is 0 Å². The number of rotatable bonds is 1. The minimum Gasteiger partial charge on any atom is -0.0683 e. The summed E-state index contributed by atoms with van der Waals surface area (Å²) in [6, 6.07) is 27.6. The van der Waals surface area contributed by atoms with Gasteiger partial charge in [-0.25, -0.2) is 0 Å². The lowest BCUT2D eigenvalue weighted by Gasteiger charge is -1.99. The van der Waals surface area contributed by atoms with Crippen LogP contribution in [-0.2, 0) is 6.42 Å². The smallest absolute Gasteiger partial charge is 0.00135 e. The van der Waals surface area contributed by atoms with Crippen LogP contribution >= 0.6 is 0 Å². The van der Waals surface area contributed by atoms with Gasteiger partial charge in [-0.2, -0.15) is 0 Å². The van der Waals surface area contributed by atoms with E-state index in [1.807, 2.05) is 32.0 Å². The average molecular weight is 387 g/mol. The van der Waals surface area contributed by atoms with E-state index in [-0.39, 0.29) is 0 Å². The van der Waals surface area contributed by atoms with Gasteiger partial charge in [0.1, 0.15) is 0 Å². The van der Waals surface area contributed by atoms with E-state index in [9.17, 15) is 0 Å². The van der Waals surface area contributed by atoms with Crippen molar-refractivity contribution in [3.8, 4) is 11.1 Å². The Kier molecular flexibility index (Phi) is 10.3. The highest BCUT2D eigenvalue weighted by atomic mass is 14.2. The molecule has 0 spiro atoms. The van der Waals surface area contributed by atoms with Crippen molar-refractivity contribution in [2.75, 3.05) is 0 Å². The second-order valence-corrected chi connectivity index (χ2v) is 7.70. The third-order valence-electron chi connectivity index (χ3n) is 5.70. The fourth-order valence-electron chi connectivity index (χ4n) is 4.03. The van der Waals surface area contributed by atoms with Crippen LogP contribution in [0.4, 0.5) is 0 Å². The SMILES string of the molecule is CC.CCC1CCCC1.Cc1ccccc1.c1ccc2c(c1)Cc1ccccc1-2. The number of hydrogen-bond acceptors (Lipinski definition) is 0. The number of aryl methyl sites for hydroxylation is 1. The van der Waals surface area contributed by atoms with Crippen LogP contribution in [0.25, 0.3) is 11.1 Å². The normalized spacial score (nSPS) is 13.5. The molecule has 0 heteroatoms. The third-order valence-corrected chi connectivity index (χ3v) is 5.70. The quantitative estimate of drug-likeness (QED) is 0.306. The van der Waals surface area contributed by atoms with Crippen molar-refractivity contribution in [1.82, 2.24) is 0 Å². The number of benzene rings is 3. The van der Waals surface area contributed by atoms with Crippen LogP contribution in [0.3, 0.4) is 0 Å². The van der Waals surface area contributed by atoms with Gasteiger partial charge in [0.15, 0.2) is 0 Å². The third kappa shape index (κ3) is 7.20. The van der Waals surface area contributed by atoms with Crippen molar-refractivity contribution in [3.05, 3.63) is 95.6 Å². The van der Waals surface area contributed by atoms with Crippen LogP contribution in [0.1, 0.15) is 69.6 Å². The van der Waals surface area contributed by atoms with Crippen molar-refractivity contribution in [1.29, 1.82) is 0 Å². The van der Waals surface area contributed by atoms with E-state index in [1.165, 1.54) is 59.9 Å². The Bertz CT molecular complexity index is 767. The molecule has 0 aliphatic heterocycles. The summed E-state index contributed by atoms with van der Waals surface area (Å²) in [5, 5.41) is 0. The Morgan fingerprint density at radius 3 is 1.48 bits per heavy atom. The fourth-order valence-corrected chi connectivity index (χ4v) is 4.03. The second kappa shape index (κ2) is 13.0. The Balaban J connectivity index is 0.000000161. The van der Waals surface area contributed by atoms with Crippen LogP contribution in [0, 0.1) is 12.8 Å². The first-order valence-corrected chi connectivity index (χ1v) is 11.5. The summed E-state index contributed by atoms with van der Waals surface area (Å²) in [6.45, 7) is 8.38. The Hall–Kier alpha value is -2.34. The van der Waals surface area contributed by atoms with Gasteiger partial charge < -0.3 is 0 Å². The maximum atomic E-state index is 2.30. The minimum atomic E-state index is 1.10. The van der Waals surface area contributed by atoms with Crippen LogP contribution in [-0.4, -0.2) is 0 Å². The van der Waals surface area contributed by atoms with Gasteiger partial charge in [-0.3, -0.25) is 0 Å². The fraction of sp³-hybridized carbons (Fsp3) is 0.379. The molecular weight excluding hydrogens is 348 g/mol. The molecule has 0 N–H and O–H groups in total. The lowest BCUT2D eigenvalue weighted by atomic mass is 10.1. The first kappa shape index (κ1) is 22.9. The minimum absolute atomic E-state index is 1.10. The van der Waals surface area contributed by atoms with Crippen LogP contribution < -0.4 is 0 Å². The van der Waals surface area contributed by atoms with Gasteiger partial charge in [-0.15, -0.1) is 0 Å². The summed E-state index contributed by atoms with van der Waals surface area (Å²) in [4.78, 5) is 0. The molecule has 0 nitrogen and oxygen atoms in total. The van der Waals surface area contributed by atoms with Gasteiger partial charge in [0.25, 0.3) is 0 Å². The molecule has 29 heavy (non-hydrogen) atoms. The van der Waals surface area contributed by atoms with Gasteiger partial charge in [-0.05, 0) is 41.5 Å². The topological polar surface area (TPSA) is 0 Å². The van der Waals surface area contributed by atoms with Crippen molar-refractivity contribution in [2.24, 2.45) is 5.92 Å². The monoisotopic (exact) mass is 386 g/mol. The summed E-state index contributed by atoms with van der Waals surface area (Å²) < 4.78 is 0. The molecule has 0 radical (unpaired) electrons. The number of fused-ring (bicyclic) bond motifs is 3. The highest BCUT2D eigenvalue weighted by Gasteiger charge is 2.15. The van der Waals surface area contributed by atoms with E-state index in [0.717, 1.165) is 12.3 Å². The zero-order valence-corrected chi connectivity index (χ0v) is 18.8. The molecule has 154 valence electrons. The molecule has 1 saturated carbocycles. The average Bonchev–Trinajstić information content (AvgIpc) is 3.44. The molecule has 0 bridgehead atoms. The van der Waals surface area contributed by atoms with Crippen LogP contribution in [0.5, 0.6) is 0 Å². The van der Waals surface area contributed by atoms with Crippen molar-refractivity contribution in [2.45, 2.75) is 66.2 Å². The summed E-state index contributed by atoms with van der Waals surface area (Å²) in [5.74, 6) is 1.10. The van der Waals surface area contributed by atoms with E-state index in [0.29, 0.717) is 0 Å². The van der Waals surface area contributed by atoms with E-state index in [1.54, 1.807) is 0 Å². The van der Waals surface area contributed by atoms with Gasteiger partial charge in [-0.1, -0.05) is 137 Å². The van der Waals surface area contributed by atoms with E-state index < -0.39 is 0 Å². The predicted octanol–water partition coefficient (Wildman–Crippen LogP) is 8.87. The first-order valence-electron chi connectivity index (χ1n) is 11.5. The molecule has 1 fully saturated rings. The zero-order chi connectivity index (χ0) is 20.9. The Morgan fingerprint density at radius 2 is 1.10 bits per heavy atom. The summed E-state index contributed by atoms with van der Waals surface area (Å²) in [6.07, 6.45) is 8.54. The molecule has 2 aliphatic rings. The molecule has 0 heterocycles. The summed E-state index contributed by atoms with van der Waals surface area (Å²) >= 11 is 0. The molecule has 2 aliphatic carbocycles. The largest absolute Gasteiger partial charge is 0.0683 e. The molecule has 3 aromatic rings. The van der Waals surface area contributed by atoms with Gasteiger partial charge >= 0.3 is 0 Å². The maximum Gasteiger partial charge on any atom is -0.00135 e. The second-order valence-electron chi connectivity index (χ2n) is 7.70. The molecule has 0 aromatic heterocycles. The van der Waals surface area contributed by atoms with Crippen molar-refractivity contribution < 1.29 is 0 Å². The van der Waals surface area contributed by atoms with E-state index >= 15 is 0 Å². The lowest BCUT2D eigenvalue weighted by molar-refractivity contribution is 0.531. The molecule has 5 rings (SSSR count). The standard InChI is InChI=1S/C13H10.C7H8.C7H14.C2H6/c1-3-7-12-10(5-1)9-11-6-2-4-8-13(11)12;1-7-5-3-2-4-6-7;1-2-7-5-3-4-6-7;1-2/h1-8H,9H2;2-6H,1H3;7H,2-6H2,1H3;1-2H3.